The van der Waals surface area contributed by atoms with Gasteiger partial charge >= 0.3 is 0 Å². The molecule has 0 spiro atoms. The van der Waals surface area contributed by atoms with Crippen LogP contribution in [0.15, 0.2) is 24.3 Å². The van der Waals surface area contributed by atoms with Crippen molar-refractivity contribution in [2.75, 3.05) is 19.8 Å². The topological polar surface area (TPSA) is 84.6 Å². The Morgan fingerprint density at radius 1 is 1.38 bits per heavy atom. The van der Waals surface area contributed by atoms with Crippen molar-refractivity contribution in [3.05, 3.63) is 34.9 Å². The Labute approximate surface area is 135 Å². The van der Waals surface area contributed by atoms with E-state index in [1.807, 2.05) is 0 Å². The smallest absolute Gasteiger partial charge is 0.240 e. The van der Waals surface area contributed by atoms with Crippen molar-refractivity contribution in [2.24, 2.45) is 5.73 Å². The fourth-order valence-corrected chi connectivity index (χ4v) is 2.26. The summed E-state index contributed by atoms with van der Waals surface area (Å²) in [6.45, 7) is 1.10. The van der Waals surface area contributed by atoms with Gasteiger partial charge in [0.15, 0.2) is 0 Å². The van der Waals surface area contributed by atoms with Gasteiger partial charge in [-0.3, -0.25) is 4.79 Å². The van der Waals surface area contributed by atoms with Gasteiger partial charge in [0.1, 0.15) is 0 Å². The predicted molar refractivity (Wildman–Crippen MR) is 83.6 cm³/mol. The van der Waals surface area contributed by atoms with Gasteiger partial charge in [-0.05, 0) is 30.5 Å². The van der Waals surface area contributed by atoms with Crippen molar-refractivity contribution in [1.29, 1.82) is 0 Å². The van der Waals surface area contributed by atoms with Gasteiger partial charge in [0.2, 0.25) is 5.91 Å². The molecule has 0 radical (unpaired) electrons. The van der Waals surface area contributed by atoms with Gasteiger partial charge in [-0.1, -0.05) is 23.7 Å². The minimum atomic E-state index is -0.891. The SMILES string of the molecule is Cl.NC1(C(=O)NCC(O)c2ccc(Cl)cc2)CCOCC1. The lowest BCUT2D eigenvalue weighted by Gasteiger charge is -2.32. The molecule has 7 heteroatoms. The second-order valence-electron chi connectivity index (χ2n) is 5.05. The van der Waals surface area contributed by atoms with E-state index < -0.39 is 11.6 Å². The maximum absolute atomic E-state index is 12.1. The molecular weight excluding hydrogens is 315 g/mol. The van der Waals surface area contributed by atoms with Crippen LogP contribution in [-0.4, -0.2) is 36.3 Å². The molecule has 1 aliphatic rings. The second kappa shape index (κ2) is 7.96. The van der Waals surface area contributed by atoms with E-state index in [9.17, 15) is 9.90 Å². The molecule has 4 N–H and O–H groups in total. The van der Waals surface area contributed by atoms with E-state index >= 15 is 0 Å². The van der Waals surface area contributed by atoms with Crippen LogP contribution in [0.1, 0.15) is 24.5 Å². The summed E-state index contributed by atoms with van der Waals surface area (Å²) >= 11 is 5.78. The zero-order chi connectivity index (χ0) is 14.6. The standard InChI is InChI=1S/C14H19ClN2O3.ClH/c15-11-3-1-10(2-4-11)12(18)9-17-13(19)14(16)5-7-20-8-6-14;/h1-4,12,18H,5-9,16H2,(H,17,19);1H. The van der Waals surface area contributed by atoms with Crippen molar-refractivity contribution < 1.29 is 14.6 Å². The predicted octanol–water partition coefficient (Wildman–Crippen LogP) is 1.42. The van der Waals surface area contributed by atoms with E-state index in [1.165, 1.54) is 0 Å². The van der Waals surface area contributed by atoms with Gasteiger partial charge in [0.05, 0.1) is 11.6 Å². The number of halogens is 2. The molecule has 0 aliphatic carbocycles. The molecule has 1 amide bonds. The van der Waals surface area contributed by atoms with E-state index in [1.54, 1.807) is 24.3 Å². The summed E-state index contributed by atoms with van der Waals surface area (Å²) in [5.41, 5.74) is 5.87. The van der Waals surface area contributed by atoms with Crippen LogP contribution in [0.2, 0.25) is 5.02 Å². The number of amides is 1. The maximum Gasteiger partial charge on any atom is 0.240 e. The molecule has 1 aromatic rings. The van der Waals surface area contributed by atoms with Gasteiger partial charge in [-0.15, -0.1) is 12.4 Å². The van der Waals surface area contributed by atoms with E-state index in [0.29, 0.717) is 36.6 Å². The Balaban J connectivity index is 0.00000220. The van der Waals surface area contributed by atoms with E-state index in [-0.39, 0.29) is 24.9 Å². The Bertz CT molecular complexity index is 462. The number of hydrogen-bond donors (Lipinski definition) is 3. The van der Waals surface area contributed by atoms with Crippen LogP contribution < -0.4 is 11.1 Å². The number of nitrogens with one attached hydrogen (secondary N) is 1. The Morgan fingerprint density at radius 3 is 2.52 bits per heavy atom. The molecule has 21 heavy (non-hydrogen) atoms. The third kappa shape index (κ3) is 4.83. The highest BCUT2D eigenvalue weighted by Gasteiger charge is 2.35. The number of aliphatic hydroxyl groups excluding tert-OH is 1. The highest BCUT2D eigenvalue weighted by molar-refractivity contribution is 6.30. The molecule has 0 saturated carbocycles. The van der Waals surface area contributed by atoms with Crippen LogP contribution in [0.4, 0.5) is 0 Å². The Hall–Kier alpha value is -0.850. The molecule has 1 saturated heterocycles. The fourth-order valence-electron chi connectivity index (χ4n) is 2.13. The fraction of sp³-hybridized carbons (Fsp3) is 0.500. The average molecular weight is 335 g/mol. The summed E-state index contributed by atoms with van der Waals surface area (Å²) < 4.78 is 5.20. The number of nitrogens with two attached hydrogens (primary N) is 1. The van der Waals surface area contributed by atoms with Gasteiger partial charge in [-0.2, -0.15) is 0 Å². The lowest BCUT2D eigenvalue weighted by Crippen LogP contribution is -2.57. The lowest BCUT2D eigenvalue weighted by atomic mass is 9.90. The van der Waals surface area contributed by atoms with Crippen molar-refractivity contribution in [1.82, 2.24) is 5.32 Å². The van der Waals surface area contributed by atoms with E-state index in [0.717, 1.165) is 0 Å². The molecule has 118 valence electrons. The van der Waals surface area contributed by atoms with Crippen LogP contribution in [-0.2, 0) is 9.53 Å². The van der Waals surface area contributed by atoms with Gasteiger partial charge < -0.3 is 20.9 Å². The highest BCUT2D eigenvalue weighted by atomic mass is 35.5. The maximum atomic E-state index is 12.1. The van der Waals surface area contributed by atoms with E-state index in [2.05, 4.69) is 5.32 Å². The number of rotatable bonds is 4. The third-order valence-corrected chi connectivity index (χ3v) is 3.80. The van der Waals surface area contributed by atoms with Crippen LogP contribution in [0, 0.1) is 0 Å². The van der Waals surface area contributed by atoms with Crippen molar-refractivity contribution in [3.63, 3.8) is 0 Å². The van der Waals surface area contributed by atoms with Crippen LogP contribution in [0.3, 0.4) is 0 Å². The minimum absolute atomic E-state index is 0. The van der Waals surface area contributed by atoms with Crippen LogP contribution in [0.25, 0.3) is 0 Å². The quantitative estimate of drug-likeness (QED) is 0.777. The number of carbonyl (C=O) groups excluding carboxylic acids is 1. The lowest BCUT2D eigenvalue weighted by molar-refractivity contribution is -0.130. The molecular formula is C14H20Cl2N2O3. The number of carbonyl (C=O) groups is 1. The molecule has 1 unspecified atom stereocenters. The first kappa shape index (κ1) is 18.2. The van der Waals surface area contributed by atoms with Gasteiger partial charge in [0, 0.05) is 24.8 Å². The van der Waals surface area contributed by atoms with Crippen molar-refractivity contribution in [3.8, 4) is 0 Å². The molecule has 0 bridgehead atoms. The number of hydrogen-bond acceptors (Lipinski definition) is 4. The number of ether oxygens (including phenoxy) is 1. The van der Waals surface area contributed by atoms with Gasteiger partial charge in [0.25, 0.3) is 0 Å². The first-order valence-electron chi connectivity index (χ1n) is 6.60. The third-order valence-electron chi connectivity index (χ3n) is 3.55. The van der Waals surface area contributed by atoms with Crippen molar-refractivity contribution in [2.45, 2.75) is 24.5 Å². The molecule has 2 rings (SSSR count). The normalized spacial score (nSPS) is 18.4. The molecule has 1 aromatic carbocycles. The average Bonchev–Trinajstić information content (AvgIpc) is 2.46. The highest BCUT2D eigenvalue weighted by Crippen LogP contribution is 2.19. The molecule has 0 aromatic heterocycles. The van der Waals surface area contributed by atoms with E-state index in [4.69, 9.17) is 22.1 Å². The monoisotopic (exact) mass is 334 g/mol. The molecule has 1 fully saturated rings. The number of benzene rings is 1. The summed E-state index contributed by atoms with van der Waals surface area (Å²) in [4.78, 5) is 12.1. The molecule has 1 atom stereocenters. The Kier molecular flexibility index (Phi) is 6.90. The number of aliphatic hydroxyl groups is 1. The second-order valence-corrected chi connectivity index (χ2v) is 5.48. The van der Waals surface area contributed by atoms with Crippen molar-refractivity contribution >= 4 is 29.9 Å². The summed E-state index contributed by atoms with van der Waals surface area (Å²) in [6.07, 6.45) is 0.214. The zero-order valence-electron chi connectivity index (χ0n) is 11.5. The molecule has 1 aliphatic heterocycles. The molecule has 5 nitrogen and oxygen atoms in total. The van der Waals surface area contributed by atoms with Crippen LogP contribution in [0.5, 0.6) is 0 Å². The summed E-state index contributed by atoms with van der Waals surface area (Å²) in [7, 11) is 0. The molecule has 1 heterocycles. The van der Waals surface area contributed by atoms with Gasteiger partial charge in [-0.25, -0.2) is 0 Å². The minimum Gasteiger partial charge on any atom is -0.387 e. The van der Waals surface area contributed by atoms with Crippen LogP contribution >= 0.6 is 24.0 Å². The largest absolute Gasteiger partial charge is 0.387 e. The summed E-state index contributed by atoms with van der Waals surface area (Å²) in [5, 5.41) is 13.3. The zero-order valence-corrected chi connectivity index (χ0v) is 13.1. The summed E-state index contributed by atoms with van der Waals surface area (Å²) in [5.74, 6) is -0.242. The first-order valence-corrected chi connectivity index (χ1v) is 6.97. The first-order chi connectivity index (χ1) is 9.51. The summed E-state index contributed by atoms with van der Waals surface area (Å²) in [6, 6.07) is 6.85. The Morgan fingerprint density at radius 2 is 1.95 bits per heavy atom.